The van der Waals surface area contributed by atoms with Gasteiger partial charge < -0.3 is 4.74 Å². The fourth-order valence-electron chi connectivity index (χ4n) is 2.68. The Bertz CT molecular complexity index is 752. The van der Waals surface area contributed by atoms with Crippen LogP contribution in [0.4, 0.5) is 13.2 Å². The summed E-state index contributed by atoms with van der Waals surface area (Å²) in [5.41, 5.74) is -1.24. The molecule has 1 atom stereocenters. The van der Waals surface area contributed by atoms with Gasteiger partial charge in [-0.25, -0.2) is 8.42 Å². The molecule has 1 heterocycles. The van der Waals surface area contributed by atoms with Gasteiger partial charge in [-0.3, -0.25) is 4.79 Å². The van der Waals surface area contributed by atoms with Gasteiger partial charge in [-0.2, -0.15) is 17.5 Å². The zero-order valence-corrected chi connectivity index (χ0v) is 14.9. The van der Waals surface area contributed by atoms with Gasteiger partial charge in [0.1, 0.15) is 6.04 Å². The Morgan fingerprint density at radius 2 is 2.04 bits per heavy atom. The van der Waals surface area contributed by atoms with Crippen molar-refractivity contribution in [3.05, 3.63) is 28.8 Å². The van der Waals surface area contributed by atoms with Crippen LogP contribution in [0.2, 0.25) is 5.02 Å². The maximum Gasteiger partial charge on any atom is 0.417 e. The number of alkyl halides is 3. The van der Waals surface area contributed by atoms with Crippen LogP contribution in [0.1, 0.15) is 31.7 Å². The molecule has 0 amide bonds. The summed E-state index contributed by atoms with van der Waals surface area (Å²) in [7, 11) is -4.30. The van der Waals surface area contributed by atoms with Crippen molar-refractivity contribution in [2.75, 3.05) is 13.2 Å². The summed E-state index contributed by atoms with van der Waals surface area (Å²) in [6.07, 6.45) is -3.39. The first-order valence-corrected chi connectivity index (χ1v) is 9.46. The number of carbonyl (C=O) groups is 1. The van der Waals surface area contributed by atoms with Gasteiger partial charge in [-0.1, -0.05) is 11.6 Å². The van der Waals surface area contributed by atoms with E-state index in [0.717, 1.165) is 16.4 Å². The normalized spacial score (nSPS) is 19.6. The third kappa shape index (κ3) is 4.27. The number of nitrogens with zero attached hydrogens (tertiary/aromatic N) is 1. The number of hydrogen-bond donors (Lipinski definition) is 0. The SMILES string of the molecule is CCOC(=O)[C@@H]1CCCCN1S(=O)(=O)c1ccc(Cl)c(C(F)(F)F)c1. The van der Waals surface area contributed by atoms with E-state index >= 15 is 0 Å². The van der Waals surface area contributed by atoms with Crippen molar-refractivity contribution in [1.82, 2.24) is 4.31 Å². The lowest BCUT2D eigenvalue weighted by molar-refractivity contribution is -0.148. The highest BCUT2D eigenvalue weighted by molar-refractivity contribution is 7.89. The molecule has 0 N–H and O–H groups in total. The van der Waals surface area contributed by atoms with E-state index in [9.17, 15) is 26.4 Å². The Morgan fingerprint density at radius 1 is 1.36 bits per heavy atom. The summed E-state index contributed by atoms with van der Waals surface area (Å²) in [5.74, 6) is -0.698. The van der Waals surface area contributed by atoms with Crippen LogP contribution in [0.15, 0.2) is 23.1 Å². The molecule has 1 fully saturated rings. The van der Waals surface area contributed by atoms with Crippen LogP contribution in [0, 0.1) is 0 Å². The first kappa shape index (κ1) is 20.0. The second kappa shape index (κ2) is 7.51. The Labute approximate surface area is 148 Å². The van der Waals surface area contributed by atoms with E-state index in [-0.39, 0.29) is 19.6 Å². The van der Waals surface area contributed by atoms with E-state index in [0.29, 0.717) is 18.9 Å². The Morgan fingerprint density at radius 3 is 2.64 bits per heavy atom. The minimum absolute atomic E-state index is 0.0375. The van der Waals surface area contributed by atoms with Gasteiger partial charge in [0.05, 0.1) is 22.1 Å². The molecule has 1 aliphatic rings. The van der Waals surface area contributed by atoms with Crippen molar-refractivity contribution in [2.45, 2.75) is 43.3 Å². The molecule has 1 aliphatic heterocycles. The Kier molecular flexibility index (Phi) is 6.01. The van der Waals surface area contributed by atoms with Crippen LogP contribution in [0.25, 0.3) is 0 Å². The monoisotopic (exact) mass is 399 g/mol. The Balaban J connectivity index is 2.44. The van der Waals surface area contributed by atoms with Crippen molar-refractivity contribution in [2.24, 2.45) is 0 Å². The zero-order chi connectivity index (χ0) is 18.8. The van der Waals surface area contributed by atoms with E-state index in [4.69, 9.17) is 16.3 Å². The maximum atomic E-state index is 13.0. The summed E-state index contributed by atoms with van der Waals surface area (Å²) < 4.78 is 70.4. The molecule has 140 valence electrons. The minimum Gasteiger partial charge on any atom is -0.465 e. The second-order valence-corrected chi connectivity index (χ2v) is 7.82. The van der Waals surface area contributed by atoms with Crippen molar-refractivity contribution < 1.29 is 31.1 Å². The zero-order valence-electron chi connectivity index (χ0n) is 13.3. The fourth-order valence-corrected chi connectivity index (χ4v) is 4.58. The minimum atomic E-state index is -4.79. The molecule has 5 nitrogen and oxygen atoms in total. The molecule has 0 aromatic heterocycles. The van der Waals surface area contributed by atoms with E-state index in [1.54, 1.807) is 6.92 Å². The molecule has 0 unspecified atom stereocenters. The van der Waals surface area contributed by atoms with Crippen LogP contribution < -0.4 is 0 Å². The standard InChI is InChI=1S/C15H17ClF3NO4S/c1-2-24-14(21)13-5-3-4-8-20(13)25(22,23)10-6-7-12(16)11(9-10)15(17,18)19/h6-7,9,13H,2-5,8H2,1H3/t13-/m0/s1. The van der Waals surface area contributed by atoms with E-state index in [2.05, 4.69) is 0 Å². The molecule has 0 spiro atoms. The van der Waals surface area contributed by atoms with Gasteiger partial charge in [0.25, 0.3) is 0 Å². The highest BCUT2D eigenvalue weighted by Crippen LogP contribution is 2.37. The molecule has 0 saturated carbocycles. The predicted octanol–water partition coefficient (Wildman–Crippen LogP) is 3.47. The van der Waals surface area contributed by atoms with Crippen LogP contribution in [-0.4, -0.2) is 37.9 Å². The molecule has 0 aliphatic carbocycles. The molecule has 1 aromatic rings. The van der Waals surface area contributed by atoms with Gasteiger partial charge in [-0.05, 0) is 44.4 Å². The van der Waals surface area contributed by atoms with Crippen molar-refractivity contribution in [1.29, 1.82) is 0 Å². The lowest BCUT2D eigenvalue weighted by atomic mass is 10.1. The van der Waals surface area contributed by atoms with Gasteiger partial charge >= 0.3 is 12.1 Å². The first-order valence-electron chi connectivity index (χ1n) is 7.64. The molecule has 2 rings (SSSR count). The van der Waals surface area contributed by atoms with Gasteiger partial charge in [0.15, 0.2) is 0 Å². The summed E-state index contributed by atoms with van der Waals surface area (Å²) in [4.78, 5) is 11.5. The molecule has 25 heavy (non-hydrogen) atoms. The number of carbonyl (C=O) groups excluding carboxylic acids is 1. The number of ether oxygens (including phenoxy) is 1. The third-order valence-electron chi connectivity index (χ3n) is 3.86. The molecule has 0 radical (unpaired) electrons. The molecule has 1 saturated heterocycles. The van der Waals surface area contributed by atoms with Crippen molar-refractivity contribution in [3.8, 4) is 0 Å². The lowest BCUT2D eigenvalue weighted by Crippen LogP contribution is -2.48. The molecule has 0 bridgehead atoms. The topological polar surface area (TPSA) is 63.7 Å². The van der Waals surface area contributed by atoms with Gasteiger partial charge in [-0.15, -0.1) is 0 Å². The average molecular weight is 400 g/mol. The summed E-state index contributed by atoms with van der Waals surface area (Å²) in [6.45, 7) is 1.71. The number of esters is 1. The van der Waals surface area contributed by atoms with Crippen molar-refractivity contribution >= 4 is 27.6 Å². The van der Waals surface area contributed by atoms with Gasteiger partial charge in [0.2, 0.25) is 10.0 Å². The highest BCUT2D eigenvalue weighted by atomic mass is 35.5. The second-order valence-electron chi connectivity index (χ2n) is 5.52. The largest absolute Gasteiger partial charge is 0.465 e. The molecule has 1 aromatic carbocycles. The van der Waals surface area contributed by atoms with E-state index in [1.165, 1.54) is 0 Å². The number of rotatable bonds is 4. The predicted molar refractivity (Wildman–Crippen MR) is 84.6 cm³/mol. The summed E-state index contributed by atoms with van der Waals surface area (Å²) >= 11 is 5.53. The molecular weight excluding hydrogens is 383 g/mol. The molecular formula is C15H17ClF3NO4S. The van der Waals surface area contributed by atoms with Crippen LogP contribution in [0.3, 0.4) is 0 Å². The number of halogens is 4. The smallest absolute Gasteiger partial charge is 0.417 e. The van der Waals surface area contributed by atoms with Crippen LogP contribution >= 0.6 is 11.6 Å². The van der Waals surface area contributed by atoms with Crippen molar-refractivity contribution in [3.63, 3.8) is 0 Å². The van der Waals surface area contributed by atoms with Crippen LogP contribution in [0.5, 0.6) is 0 Å². The lowest BCUT2D eigenvalue weighted by Gasteiger charge is -2.33. The summed E-state index contributed by atoms with van der Waals surface area (Å²) in [6, 6.07) is 1.35. The number of benzene rings is 1. The average Bonchev–Trinajstić information content (AvgIpc) is 2.54. The van der Waals surface area contributed by atoms with E-state index in [1.807, 2.05) is 0 Å². The molecule has 10 heteroatoms. The number of sulfonamides is 1. The first-order chi connectivity index (χ1) is 11.6. The van der Waals surface area contributed by atoms with E-state index < -0.39 is 43.7 Å². The maximum absolute atomic E-state index is 13.0. The fraction of sp³-hybridized carbons (Fsp3) is 0.533. The summed E-state index contributed by atoms with van der Waals surface area (Å²) in [5, 5.41) is -0.591. The Hall–Kier alpha value is -1.32. The highest BCUT2D eigenvalue weighted by Gasteiger charge is 2.40. The van der Waals surface area contributed by atoms with Gasteiger partial charge in [0, 0.05) is 6.54 Å². The number of piperidine rings is 1. The third-order valence-corrected chi connectivity index (χ3v) is 6.10. The quantitative estimate of drug-likeness (QED) is 0.727. The number of hydrogen-bond acceptors (Lipinski definition) is 4. The van der Waals surface area contributed by atoms with Crippen LogP contribution in [-0.2, 0) is 25.7 Å².